The van der Waals surface area contributed by atoms with Gasteiger partial charge in [0.25, 0.3) is 0 Å². The fourth-order valence-electron chi connectivity index (χ4n) is 2.38. The molecule has 0 aliphatic heterocycles. The molecule has 0 aliphatic carbocycles. The lowest BCUT2D eigenvalue weighted by molar-refractivity contribution is 0.529. The van der Waals surface area contributed by atoms with Crippen molar-refractivity contribution in [3.05, 3.63) is 46.0 Å². The van der Waals surface area contributed by atoms with Crippen LogP contribution in [-0.2, 0) is 6.42 Å². The Labute approximate surface area is 132 Å². The molecule has 4 heteroatoms. The SMILES string of the molecule is CCCNC(Cc1ccc(C)cc1)c1snnc1C(C)C. The Bertz CT molecular complexity index is 545. The summed E-state index contributed by atoms with van der Waals surface area (Å²) in [5, 5.41) is 7.99. The minimum Gasteiger partial charge on any atom is -0.309 e. The average Bonchev–Trinajstić information content (AvgIpc) is 2.95. The van der Waals surface area contributed by atoms with Crippen molar-refractivity contribution in [1.82, 2.24) is 14.9 Å². The van der Waals surface area contributed by atoms with Gasteiger partial charge in [0.15, 0.2) is 0 Å². The topological polar surface area (TPSA) is 37.8 Å². The molecule has 0 radical (unpaired) electrons. The van der Waals surface area contributed by atoms with E-state index in [4.69, 9.17) is 0 Å². The highest BCUT2D eigenvalue weighted by atomic mass is 32.1. The zero-order valence-electron chi connectivity index (χ0n) is 13.4. The summed E-state index contributed by atoms with van der Waals surface area (Å²) in [5.41, 5.74) is 3.80. The lowest BCUT2D eigenvalue weighted by Gasteiger charge is -2.19. The van der Waals surface area contributed by atoms with Crippen molar-refractivity contribution in [2.75, 3.05) is 6.54 Å². The first-order valence-electron chi connectivity index (χ1n) is 7.72. The van der Waals surface area contributed by atoms with Gasteiger partial charge in [-0.1, -0.05) is 55.1 Å². The summed E-state index contributed by atoms with van der Waals surface area (Å²) in [6.07, 6.45) is 2.12. The van der Waals surface area contributed by atoms with Crippen molar-refractivity contribution in [3.8, 4) is 0 Å². The Morgan fingerprint density at radius 1 is 1.19 bits per heavy atom. The van der Waals surface area contributed by atoms with Gasteiger partial charge in [-0.3, -0.25) is 0 Å². The van der Waals surface area contributed by atoms with Gasteiger partial charge in [0.05, 0.1) is 10.6 Å². The van der Waals surface area contributed by atoms with Gasteiger partial charge in [-0.25, -0.2) is 0 Å². The van der Waals surface area contributed by atoms with E-state index in [1.807, 2.05) is 0 Å². The summed E-state index contributed by atoms with van der Waals surface area (Å²) in [6, 6.07) is 9.12. The number of hydrogen-bond donors (Lipinski definition) is 1. The van der Waals surface area contributed by atoms with E-state index in [1.165, 1.54) is 27.5 Å². The van der Waals surface area contributed by atoms with Crippen molar-refractivity contribution in [2.45, 2.75) is 52.5 Å². The van der Waals surface area contributed by atoms with Gasteiger partial charge >= 0.3 is 0 Å². The Morgan fingerprint density at radius 3 is 2.52 bits per heavy atom. The first-order chi connectivity index (χ1) is 10.1. The molecule has 0 amide bonds. The third kappa shape index (κ3) is 4.35. The van der Waals surface area contributed by atoms with Crippen LogP contribution in [0.1, 0.15) is 60.8 Å². The smallest absolute Gasteiger partial charge is 0.0829 e. The fraction of sp³-hybridized carbons (Fsp3) is 0.529. The van der Waals surface area contributed by atoms with E-state index >= 15 is 0 Å². The van der Waals surface area contributed by atoms with E-state index < -0.39 is 0 Å². The molecule has 0 saturated carbocycles. The normalized spacial score (nSPS) is 12.8. The highest BCUT2D eigenvalue weighted by molar-refractivity contribution is 7.05. The molecule has 0 saturated heterocycles. The second kappa shape index (κ2) is 7.66. The molecule has 1 aromatic carbocycles. The van der Waals surface area contributed by atoms with Crippen molar-refractivity contribution in [1.29, 1.82) is 0 Å². The minimum absolute atomic E-state index is 0.310. The lowest BCUT2D eigenvalue weighted by Crippen LogP contribution is -2.24. The molecule has 0 spiro atoms. The Balaban J connectivity index is 2.21. The van der Waals surface area contributed by atoms with Gasteiger partial charge in [0.2, 0.25) is 0 Å². The number of nitrogens with zero attached hydrogens (tertiary/aromatic N) is 2. The molecule has 114 valence electrons. The second-order valence-electron chi connectivity index (χ2n) is 5.87. The highest BCUT2D eigenvalue weighted by Crippen LogP contribution is 2.28. The van der Waals surface area contributed by atoms with E-state index in [0.717, 1.165) is 25.1 Å². The summed E-state index contributed by atoms with van der Waals surface area (Å²) >= 11 is 1.54. The van der Waals surface area contributed by atoms with Crippen LogP contribution in [0.25, 0.3) is 0 Å². The maximum Gasteiger partial charge on any atom is 0.0829 e. The van der Waals surface area contributed by atoms with Crippen LogP contribution in [0.5, 0.6) is 0 Å². The number of aryl methyl sites for hydroxylation is 1. The fourth-order valence-corrected chi connectivity index (χ4v) is 3.26. The van der Waals surface area contributed by atoms with Gasteiger partial charge in [-0.2, -0.15) is 0 Å². The molecule has 1 unspecified atom stereocenters. The van der Waals surface area contributed by atoms with Gasteiger partial charge < -0.3 is 5.32 Å². The molecular weight excluding hydrogens is 278 g/mol. The van der Waals surface area contributed by atoms with Crippen LogP contribution in [0.3, 0.4) is 0 Å². The van der Waals surface area contributed by atoms with Crippen molar-refractivity contribution >= 4 is 11.5 Å². The predicted molar refractivity (Wildman–Crippen MR) is 89.9 cm³/mol. The quantitative estimate of drug-likeness (QED) is 0.831. The summed E-state index contributed by atoms with van der Waals surface area (Å²) < 4.78 is 4.18. The molecule has 3 nitrogen and oxygen atoms in total. The van der Waals surface area contributed by atoms with Gasteiger partial charge in [0, 0.05) is 6.04 Å². The van der Waals surface area contributed by atoms with Crippen molar-refractivity contribution < 1.29 is 0 Å². The number of aromatic nitrogens is 2. The minimum atomic E-state index is 0.310. The van der Waals surface area contributed by atoms with E-state index in [2.05, 4.69) is 66.9 Å². The van der Waals surface area contributed by atoms with Crippen LogP contribution in [0.2, 0.25) is 0 Å². The van der Waals surface area contributed by atoms with Crippen LogP contribution >= 0.6 is 11.5 Å². The Morgan fingerprint density at radius 2 is 1.90 bits per heavy atom. The van der Waals surface area contributed by atoms with E-state index in [9.17, 15) is 0 Å². The third-order valence-corrected chi connectivity index (χ3v) is 4.46. The van der Waals surface area contributed by atoms with Gasteiger partial charge in [0.1, 0.15) is 0 Å². The van der Waals surface area contributed by atoms with Crippen LogP contribution in [-0.4, -0.2) is 16.1 Å². The van der Waals surface area contributed by atoms with Crippen molar-refractivity contribution in [2.24, 2.45) is 0 Å². The number of hydrogen-bond acceptors (Lipinski definition) is 4. The predicted octanol–water partition coefficient (Wildman–Crippen LogP) is 4.25. The molecule has 0 fully saturated rings. The zero-order chi connectivity index (χ0) is 15.2. The summed E-state index contributed by atoms with van der Waals surface area (Å²) in [4.78, 5) is 1.29. The largest absolute Gasteiger partial charge is 0.309 e. The average molecular weight is 303 g/mol. The number of rotatable bonds is 7. The maximum absolute atomic E-state index is 4.33. The standard InChI is InChI=1S/C17H25N3S/c1-5-10-18-15(11-14-8-6-13(4)7-9-14)17-16(12(2)3)19-20-21-17/h6-9,12,15,18H,5,10-11H2,1-4H3. The summed E-state index contributed by atoms with van der Waals surface area (Å²) in [7, 11) is 0. The monoisotopic (exact) mass is 303 g/mol. The van der Waals surface area contributed by atoms with Crippen LogP contribution in [0, 0.1) is 6.92 Å². The molecule has 0 aliphatic rings. The second-order valence-corrected chi connectivity index (χ2v) is 6.66. The van der Waals surface area contributed by atoms with Gasteiger partial charge in [-0.05, 0) is 49.3 Å². The summed E-state index contributed by atoms with van der Waals surface area (Å²) in [6.45, 7) is 9.71. The molecule has 0 bridgehead atoms. The molecule has 21 heavy (non-hydrogen) atoms. The van der Waals surface area contributed by atoms with E-state index in [1.54, 1.807) is 0 Å². The third-order valence-electron chi connectivity index (χ3n) is 3.60. The highest BCUT2D eigenvalue weighted by Gasteiger charge is 2.21. The van der Waals surface area contributed by atoms with E-state index in [-0.39, 0.29) is 0 Å². The number of benzene rings is 1. The van der Waals surface area contributed by atoms with Crippen LogP contribution in [0.4, 0.5) is 0 Å². The summed E-state index contributed by atoms with van der Waals surface area (Å²) in [5.74, 6) is 0.419. The molecule has 1 aromatic heterocycles. The Hall–Kier alpha value is -1.26. The molecule has 1 atom stereocenters. The molecule has 2 rings (SSSR count). The van der Waals surface area contributed by atoms with Gasteiger partial charge in [-0.15, -0.1) is 5.10 Å². The maximum atomic E-state index is 4.33. The Kier molecular flexibility index (Phi) is 5.88. The lowest BCUT2D eigenvalue weighted by atomic mass is 9.99. The van der Waals surface area contributed by atoms with Crippen LogP contribution < -0.4 is 5.32 Å². The molecule has 1 heterocycles. The molecule has 2 aromatic rings. The zero-order valence-corrected chi connectivity index (χ0v) is 14.2. The molecular formula is C17H25N3S. The number of nitrogens with one attached hydrogen (secondary N) is 1. The van der Waals surface area contributed by atoms with Crippen molar-refractivity contribution in [3.63, 3.8) is 0 Å². The van der Waals surface area contributed by atoms with E-state index in [0.29, 0.717) is 12.0 Å². The first-order valence-corrected chi connectivity index (χ1v) is 8.50. The molecule has 1 N–H and O–H groups in total. The van der Waals surface area contributed by atoms with Crippen LogP contribution in [0.15, 0.2) is 24.3 Å². The first kappa shape index (κ1) is 16.1.